The van der Waals surface area contributed by atoms with Gasteiger partial charge in [0.15, 0.2) is 0 Å². The fraction of sp³-hybridized carbons (Fsp3) is 0.357. The van der Waals surface area contributed by atoms with E-state index in [1.54, 1.807) is 24.3 Å². The molecule has 0 spiro atoms. The Morgan fingerprint density at radius 3 is 2.85 bits per heavy atom. The molecule has 0 aromatic heterocycles. The zero-order valence-corrected chi connectivity index (χ0v) is 12.6. The van der Waals surface area contributed by atoms with E-state index in [4.69, 9.17) is 27.9 Å². The summed E-state index contributed by atoms with van der Waals surface area (Å²) in [4.78, 5) is 11.5. The average molecular weight is 318 g/mol. The SMILES string of the molecule is COCC(O)CCNC(=O)/C=C/c1ccc(Cl)c(Cl)c1. The van der Waals surface area contributed by atoms with Gasteiger partial charge < -0.3 is 15.2 Å². The number of methoxy groups -OCH3 is 1. The quantitative estimate of drug-likeness (QED) is 0.760. The fourth-order valence-electron chi connectivity index (χ4n) is 1.48. The van der Waals surface area contributed by atoms with Crippen molar-refractivity contribution < 1.29 is 14.6 Å². The molecule has 0 heterocycles. The minimum Gasteiger partial charge on any atom is -0.391 e. The lowest BCUT2D eigenvalue weighted by atomic mass is 10.2. The van der Waals surface area contributed by atoms with Gasteiger partial charge >= 0.3 is 0 Å². The third kappa shape index (κ3) is 6.39. The number of halogens is 2. The first-order valence-corrected chi connectivity index (χ1v) is 6.86. The van der Waals surface area contributed by atoms with Crippen LogP contribution in [0.4, 0.5) is 0 Å². The third-order valence-corrected chi connectivity index (χ3v) is 3.25. The molecule has 1 unspecified atom stereocenters. The second-order valence-corrected chi connectivity index (χ2v) is 5.01. The van der Waals surface area contributed by atoms with Gasteiger partial charge in [0.05, 0.1) is 22.8 Å². The summed E-state index contributed by atoms with van der Waals surface area (Å²) in [6.07, 6.45) is 2.92. The minimum absolute atomic E-state index is 0.235. The monoisotopic (exact) mass is 317 g/mol. The van der Waals surface area contributed by atoms with E-state index in [9.17, 15) is 9.90 Å². The summed E-state index contributed by atoms with van der Waals surface area (Å²) in [5.74, 6) is -0.235. The highest BCUT2D eigenvalue weighted by Crippen LogP contribution is 2.22. The molecule has 1 aromatic carbocycles. The molecule has 4 nitrogen and oxygen atoms in total. The molecule has 110 valence electrons. The van der Waals surface area contributed by atoms with Gasteiger partial charge in [-0.1, -0.05) is 29.3 Å². The maximum absolute atomic E-state index is 11.5. The number of nitrogens with one attached hydrogen (secondary N) is 1. The predicted octanol–water partition coefficient (Wildman–Crippen LogP) is 2.52. The summed E-state index contributed by atoms with van der Waals surface area (Å²) < 4.78 is 4.79. The molecular formula is C14H17Cl2NO3. The average Bonchev–Trinajstić information content (AvgIpc) is 2.40. The first kappa shape index (κ1) is 17.0. The van der Waals surface area contributed by atoms with Gasteiger partial charge in [-0.25, -0.2) is 0 Å². The Morgan fingerprint density at radius 2 is 2.20 bits per heavy atom. The lowest BCUT2D eigenvalue weighted by Gasteiger charge is -2.08. The number of ether oxygens (including phenoxy) is 1. The summed E-state index contributed by atoms with van der Waals surface area (Å²) in [5, 5.41) is 13.0. The van der Waals surface area contributed by atoms with Crippen molar-refractivity contribution in [1.82, 2.24) is 5.32 Å². The molecule has 1 amide bonds. The summed E-state index contributed by atoms with van der Waals surface area (Å²) in [7, 11) is 1.52. The molecule has 0 saturated heterocycles. The van der Waals surface area contributed by atoms with E-state index in [2.05, 4.69) is 5.32 Å². The van der Waals surface area contributed by atoms with E-state index in [1.807, 2.05) is 0 Å². The molecule has 20 heavy (non-hydrogen) atoms. The molecular weight excluding hydrogens is 301 g/mol. The van der Waals surface area contributed by atoms with Crippen molar-refractivity contribution in [3.8, 4) is 0 Å². The largest absolute Gasteiger partial charge is 0.391 e. The summed E-state index contributed by atoms with van der Waals surface area (Å²) in [5.41, 5.74) is 0.786. The number of carbonyl (C=O) groups is 1. The Balaban J connectivity index is 2.38. The first-order valence-electron chi connectivity index (χ1n) is 6.11. The van der Waals surface area contributed by atoms with Gasteiger partial charge in [0.1, 0.15) is 0 Å². The smallest absolute Gasteiger partial charge is 0.244 e. The van der Waals surface area contributed by atoms with Crippen molar-refractivity contribution in [2.24, 2.45) is 0 Å². The molecule has 1 atom stereocenters. The van der Waals surface area contributed by atoms with Crippen molar-refractivity contribution >= 4 is 35.2 Å². The topological polar surface area (TPSA) is 58.6 Å². The zero-order chi connectivity index (χ0) is 15.0. The Hall–Kier alpha value is -1.07. The van der Waals surface area contributed by atoms with Crippen LogP contribution in [0.25, 0.3) is 6.08 Å². The van der Waals surface area contributed by atoms with Crippen LogP contribution in [0.5, 0.6) is 0 Å². The van der Waals surface area contributed by atoms with E-state index < -0.39 is 6.10 Å². The second-order valence-electron chi connectivity index (χ2n) is 4.20. The summed E-state index contributed by atoms with van der Waals surface area (Å²) >= 11 is 11.7. The van der Waals surface area contributed by atoms with Crippen molar-refractivity contribution in [2.45, 2.75) is 12.5 Å². The van der Waals surface area contributed by atoms with Crippen LogP contribution in [0.15, 0.2) is 24.3 Å². The van der Waals surface area contributed by atoms with E-state index in [1.165, 1.54) is 13.2 Å². The predicted molar refractivity (Wildman–Crippen MR) is 81.0 cm³/mol. The van der Waals surface area contributed by atoms with E-state index in [0.717, 1.165) is 5.56 Å². The molecule has 6 heteroatoms. The van der Waals surface area contributed by atoms with E-state index in [0.29, 0.717) is 23.0 Å². The van der Waals surface area contributed by atoms with Crippen LogP contribution >= 0.6 is 23.2 Å². The summed E-state index contributed by atoms with van der Waals surface area (Å²) in [6, 6.07) is 5.11. The lowest BCUT2D eigenvalue weighted by molar-refractivity contribution is -0.116. The third-order valence-electron chi connectivity index (χ3n) is 2.51. The Morgan fingerprint density at radius 1 is 1.45 bits per heavy atom. The van der Waals surface area contributed by atoms with Crippen molar-refractivity contribution in [3.63, 3.8) is 0 Å². The molecule has 0 radical (unpaired) electrons. The molecule has 0 bridgehead atoms. The molecule has 0 fully saturated rings. The maximum Gasteiger partial charge on any atom is 0.244 e. The second kappa shape index (κ2) is 8.97. The van der Waals surface area contributed by atoms with Gasteiger partial charge in [-0.15, -0.1) is 0 Å². The van der Waals surface area contributed by atoms with Crippen LogP contribution < -0.4 is 5.32 Å². The minimum atomic E-state index is -0.570. The van der Waals surface area contributed by atoms with Crippen LogP contribution in [0.2, 0.25) is 10.0 Å². The van der Waals surface area contributed by atoms with Gasteiger partial charge in [-0.3, -0.25) is 4.79 Å². The molecule has 2 N–H and O–H groups in total. The van der Waals surface area contributed by atoms with Crippen LogP contribution in [-0.2, 0) is 9.53 Å². The van der Waals surface area contributed by atoms with E-state index in [-0.39, 0.29) is 12.5 Å². The van der Waals surface area contributed by atoms with Gasteiger partial charge in [-0.2, -0.15) is 0 Å². The number of benzene rings is 1. The Labute approximate surface area is 128 Å². The van der Waals surface area contributed by atoms with Crippen molar-refractivity contribution in [1.29, 1.82) is 0 Å². The number of amides is 1. The molecule has 0 saturated carbocycles. The number of carbonyl (C=O) groups excluding carboxylic acids is 1. The highest BCUT2D eigenvalue weighted by molar-refractivity contribution is 6.42. The van der Waals surface area contributed by atoms with Crippen molar-refractivity contribution in [3.05, 3.63) is 39.9 Å². The standard InChI is InChI=1S/C14H17Cl2NO3/c1-20-9-11(18)6-7-17-14(19)5-3-10-2-4-12(15)13(16)8-10/h2-5,8,11,18H,6-7,9H2,1H3,(H,17,19)/b5-3+. The maximum atomic E-state index is 11.5. The highest BCUT2D eigenvalue weighted by Gasteiger charge is 2.03. The number of aliphatic hydroxyl groups is 1. The molecule has 0 aliphatic rings. The fourth-order valence-corrected chi connectivity index (χ4v) is 1.79. The van der Waals surface area contributed by atoms with Gasteiger partial charge in [-0.05, 0) is 30.2 Å². The van der Waals surface area contributed by atoms with Crippen LogP contribution in [0.1, 0.15) is 12.0 Å². The van der Waals surface area contributed by atoms with Crippen LogP contribution in [-0.4, -0.2) is 37.4 Å². The Bertz CT molecular complexity index is 477. The summed E-state index contributed by atoms with van der Waals surface area (Å²) in [6.45, 7) is 0.643. The molecule has 0 aliphatic carbocycles. The van der Waals surface area contributed by atoms with Crippen molar-refractivity contribution in [2.75, 3.05) is 20.3 Å². The molecule has 0 aliphatic heterocycles. The normalized spacial score (nSPS) is 12.6. The van der Waals surface area contributed by atoms with Gasteiger partial charge in [0.25, 0.3) is 0 Å². The lowest BCUT2D eigenvalue weighted by Crippen LogP contribution is -2.27. The van der Waals surface area contributed by atoms with Gasteiger partial charge in [0, 0.05) is 19.7 Å². The first-order chi connectivity index (χ1) is 9.52. The number of aliphatic hydroxyl groups excluding tert-OH is 1. The van der Waals surface area contributed by atoms with Crippen LogP contribution in [0.3, 0.4) is 0 Å². The number of rotatable bonds is 7. The molecule has 1 rings (SSSR count). The zero-order valence-electron chi connectivity index (χ0n) is 11.1. The van der Waals surface area contributed by atoms with E-state index >= 15 is 0 Å². The van der Waals surface area contributed by atoms with Gasteiger partial charge in [0.2, 0.25) is 5.91 Å². The number of hydrogen-bond acceptors (Lipinski definition) is 3. The van der Waals surface area contributed by atoms with Crippen LogP contribution in [0, 0.1) is 0 Å². The Kier molecular flexibility index (Phi) is 7.62. The highest BCUT2D eigenvalue weighted by atomic mass is 35.5. The molecule has 1 aromatic rings. The number of hydrogen-bond donors (Lipinski definition) is 2.